The molecule has 1 saturated heterocycles. The van der Waals surface area contributed by atoms with Gasteiger partial charge in [-0.2, -0.15) is 13.2 Å². The number of ether oxygens (including phenoxy) is 2. The van der Waals surface area contributed by atoms with Crippen LogP contribution in [0.3, 0.4) is 0 Å². The highest BCUT2D eigenvalue weighted by Crippen LogP contribution is 2.36. The van der Waals surface area contributed by atoms with E-state index in [-0.39, 0.29) is 16.4 Å². The lowest BCUT2D eigenvalue weighted by Gasteiger charge is -2.23. The van der Waals surface area contributed by atoms with Gasteiger partial charge < -0.3 is 19.7 Å². The molecule has 2 heterocycles. The monoisotopic (exact) mass is 451 g/mol. The average Bonchev–Trinajstić information content (AvgIpc) is 3.27. The van der Waals surface area contributed by atoms with Gasteiger partial charge in [0.05, 0.1) is 16.9 Å². The van der Waals surface area contributed by atoms with Crippen molar-refractivity contribution in [2.45, 2.75) is 19.0 Å². The first-order valence-electron chi connectivity index (χ1n) is 9.79. The van der Waals surface area contributed by atoms with E-state index in [0.29, 0.717) is 30.4 Å². The highest BCUT2D eigenvalue weighted by atomic mass is 32.1. The summed E-state index contributed by atoms with van der Waals surface area (Å²) in [4.78, 5) is 14.6. The van der Waals surface area contributed by atoms with Crippen molar-refractivity contribution in [2.24, 2.45) is 0 Å². The summed E-state index contributed by atoms with van der Waals surface area (Å²) in [6.07, 6.45) is -2.56. The molecule has 31 heavy (non-hydrogen) atoms. The summed E-state index contributed by atoms with van der Waals surface area (Å²) in [6, 6.07) is 8.21. The summed E-state index contributed by atoms with van der Waals surface area (Å²) in [5, 5.41) is 5.18. The smallest absolute Gasteiger partial charge is 0.416 e. The van der Waals surface area contributed by atoms with E-state index in [2.05, 4.69) is 10.6 Å². The van der Waals surface area contributed by atoms with Crippen LogP contribution in [0.4, 0.5) is 24.5 Å². The third kappa shape index (κ3) is 4.84. The molecule has 2 aromatic carbocycles. The maximum absolute atomic E-state index is 13.2. The zero-order valence-electron chi connectivity index (χ0n) is 16.4. The number of halogens is 3. The molecule has 0 bridgehead atoms. The zero-order chi connectivity index (χ0) is 22.0. The Balaban J connectivity index is 1.51. The number of fused-ring (bicyclic) bond motifs is 1. The fourth-order valence-electron chi connectivity index (χ4n) is 3.56. The van der Waals surface area contributed by atoms with Gasteiger partial charge in [-0.3, -0.25) is 10.1 Å². The number of nitrogens with zero attached hydrogens (tertiary/aromatic N) is 1. The minimum atomic E-state index is -4.49. The Kier molecular flexibility index (Phi) is 5.90. The Labute approximate surface area is 182 Å². The van der Waals surface area contributed by atoms with E-state index in [0.717, 1.165) is 38.1 Å². The van der Waals surface area contributed by atoms with Gasteiger partial charge in [0.2, 0.25) is 0 Å². The van der Waals surface area contributed by atoms with Crippen molar-refractivity contribution < 1.29 is 27.4 Å². The van der Waals surface area contributed by atoms with Gasteiger partial charge >= 0.3 is 6.18 Å². The van der Waals surface area contributed by atoms with Crippen molar-refractivity contribution in [1.82, 2.24) is 5.32 Å². The molecule has 2 aromatic rings. The Bertz CT molecular complexity index is 1010. The summed E-state index contributed by atoms with van der Waals surface area (Å²) in [6.45, 7) is 2.31. The third-order valence-electron chi connectivity index (χ3n) is 5.05. The van der Waals surface area contributed by atoms with Gasteiger partial charge in [-0.05, 0) is 61.5 Å². The molecule has 0 aromatic heterocycles. The zero-order valence-corrected chi connectivity index (χ0v) is 17.2. The van der Waals surface area contributed by atoms with Gasteiger partial charge in [-0.1, -0.05) is 0 Å². The van der Waals surface area contributed by atoms with E-state index in [4.69, 9.17) is 21.7 Å². The lowest BCUT2D eigenvalue weighted by atomic mass is 10.1. The van der Waals surface area contributed by atoms with E-state index in [1.54, 1.807) is 12.1 Å². The Morgan fingerprint density at radius 1 is 1.00 bits per heavy atom. The number of carbonyl (C=O) groups is 1. The Morgan fingerprint density at radius 2 is 1.71 bits per heavy atom. The topological polar surface area (TPSA) is 62.8 Å². The minimum Gasteiger partial charge on any atom is -0.486 e. The first-order valence-corrected chi connectivity index (χ1v) is 10.2. The molecular weight excluding hydrogens is 431 g/mol. The van der Waals surface area contributed by atoms with Gasteiger partial charge in [-0.25, -0.2) is 0 Å². The molecule has 2 aliphatic heterocycles. The Hall–Kier alpha value is -3.01. The molecule has 6 nitrogen and oxygen atoms in total. The Morgan fingerprint density at radius 3 is 2.42 bits per heavy atom. The van der Waals surface area contributed by atoms with Crippen LogP contribution in [0.15, 0.2) is 36.4 Å². The van der Waals surface area contributed by atoms with Crippen LogP contribution in [0.5, 0.6) is 11.5 Å². The highest BCUT2D eigenvalue weighted by Gasteiger charge is 2.32. The summed E-state index contributed by atoms with van der Waals surface area (Å²) in [7, 11) is 0. The molecule has 0 unspecified atom stereocenters. The van der Waals surface area contributed by atoms with Gasteiger partial charge in [0.1, 0.15) is 13.2 Å². The SMILES string of the molecule is O=C(NC(=S)Nc1cc(C(F)(F)F)ccc1N1CCCC1)c1ccc2c(c1)OCCO2. The predicted molar refractivity (Wildman–Crippen MR) is 114 cm³/mol. The van der Waals surface area contributed by atoms with Crippen molar-refractivity contribution in [1.29, 1.82) is 0 Å². The second kappa shape index (κ2) is 8.62. The second-order valence-corrected chi connectivity index (χ2v) is 7.60. The molecule has 10 heteroatoms. The van der Waals surface area contributed by atoms with Crippen molar-refractivity contribution in [3.8, 4) is 11.5 Å². The highest BCUT2D eigenvalue weighted by molar-refractivity contribution is 7.80. The van der Waals surface area contributed by atoms with E-state index >= 15 is 0 Å². The lowest BCUT2D eigenvalue weighted by Crippen LogP contribution is -2.35. The van der Waals surface area contributed by atoms with Crippen molar-refractivity contribution >= 4 is 34.6 Å². The molecule has 1 amide bonds. The van der Waals surface area contributed by atoms with E-state index in [1.807, 2.05) is 4.90 Å². The standard InChI is InChI=1S/C21H20F3N3O3S/c22-21(23,24)14-4-5-16(27-7-1-2-8-27)15(12-14)25-20(31)26-19(28)13-3-6-17-18(11-13)30-10-9-29-17/h3-6,11-12H,1-2,7-10H2,(H2,25,26,28,31). The quantitative estimate of drug-likeness (QED) is 0.682. The van der Waals surface area contributed by atoms with Crippen LogP contribution in [-0.4, -0.2) is 37.3 Å². The molecule has 0 aliphatic carbocycles. The molecule has 1 fully saturated rings. The van der Waals surface area contributed by atoms with Crippen LogP contribution in [-0.2, 0) is 6.18 Å². The van der Waals surface area contributed by atoms with Crippen molar-refractivity contribution in [3.63, 3.8) is 0 Å². The van der Waals surface area contributed by atoms with E-state index in [9.17, 15) is 18.0 Å². The number of benzene rings is 2. The molecule has 0 radical (unpaired) electrons. The van der Waals surface area contributed by atoms with Crippen LogP contribution in [0, 0.1) is 0 Å². The number of thiocarbonyl (C=S) groups is 1. The number of hydrogen-bond donors (Lipinski definition) is 2. The molecule has 0 atom stereocenters. The van der Waals surface area contributed by atoms with E-state index < -0.39 is 17.6 Å². The average molecular weight is 451 g/mol. The largest absolute Gasteiger partial charge is 0.486 e. The summed E-state index contributed by atoms with van der Waals surface area (Å²) in [5.41, 5.74) is 0.307. The fraction of sp³-hybridized carbons (Fsp3) is 0.333. The van der Waals surface area contributed by atoms with Crippen LogP contribution < -0.4 is 25.0 Å². The molecule has 4 rings (SSSR count). The van der Waals surface area contributed by atoms with Gasteiger partial charge in [-0.15, -0.1) is 0 Å². The van der Waals surface area contributed by atoms with Crippen LogP contribution in [0.2, 0.25) is 0 Å². The molecule has 2 N–H and O–H groups in total. The molecule has 0 spiro atoms. The predicted octanol–water partition coefficient (Wildman–Crippen LogP) is 4.20. The maximum Gasteiger partial charge on any atom is 0.416 e. The number of anilines is 2. The first-order chi connectivity index (χ1) is 14.8. The first kappa shape index (κ1) is 21.2. The minimum absolute atomic E-state index is 0.0975. The summed E-state index contributed by atoms with van der Waals surface area (Å²) >= 11 is 5.21. The van der Waals surface area contributed by atoms with Gasteiger partial charge in [0, 0.05) is 18.7 Å². The molecule has 164 valence electrons. The van der Waals surface area contributed by atoms with Crippen LogP contribution >= 0.6 is 12.2 Å². The number of amides is 1. The number of alkyl halides is 3. The van der Waals surface area contributed by atoms with Crippen LogP contribution in [0.1, 0.15) is 28.8 Å². The number of rotatable bonds is 3. The molecular formula is C21H20F3N3O3S. The van der Waals surface area contributed by atoms with Gasteiger partial charge in [0.25, 0.3) is 5.91 Å². The molecule has 0 saturated carbocycles. The number of hydrogen-bond acceptors (Lipinski definition) is 5. The normalized spacial score (nSPS) is 15.5. The third-order valence-corrected chi connectivity index (χ3v) is 5.25. The van der Waals surface area contributed by atoms with Crippen LogP contribution in [0.25, 0.3) is 0 Å². The van der Waals surface area contributed by atoms with Crippen molar-refractivity contribution in [2.75, 3.05) is 36.5 Å². The maximum atomic E-state index is 13.2. The summed E-state index contributed by atoms with van der Waals surface area (Å²) in [5.74, 6) is 0.485. The number of nitrogens with one attached hydrogen (secondary N) is 2. The number of carbonyl (C=O) groups excluding carboxylic acids is 1. The van der Waals surface area contributed by atoms with E-state index in [1.165, 1.54) is 12.1 Å². The molecule has 2 aliphatic rings. The lowest BCUT2D eigenvalue weighted by molar-refractivity contribution is -0.137. The van der Waals surface area contributed by atoms with Gasteiger partial charge in [0.15, 0.2) is 16.6 Å². The second-order valence-electron chi connectivity index (χ2n) is 7.19. The fourth-order valence-corrected chi connectivity index (χ4v) is 3.76. The summed E-state index contributed by atoms with van der Waals surface area (Å²) < 4.78 is 50.5. The van der Waals surface area contributed by atoms with Crippen molar-refractivity contribution in [3.05, 3.63) is 47.5 Å².